The Balaban J connectivity index is 0.00000122. The molecule has 0 saturated carbocycles. The smallest absolute Gasteiger partial charge is 0.234 e. The second kappa shape index (κ2) is 9.37. The maximum Gasteiger partial charge on any atom is 0.234 e. The fourth-order valence-corrected chi connectivity index (χ4v) is 2.17. The van der Waals surface area contributed by atoms with E-state index in [2.05, 4.69) is 63.9 Å². The molecule has 5 heteroatoms. The third-order valence-electron chi connectivity index (χ3n) is 2.36. The number of nitriles is 1. The SMILES string of the molecule is C#CC.Cc1cnc(C#N)nc1N(CCBr)CC(C)(C)C. The number of rotatable bonds is 4. The van der Waals surface area contributed by atoms with Crippen molar-refractivity contribution in [2.45, 2.75) is 34.6 Å². The van der Waals surface area contributed by atoms with Crippen molar-refractivity contribution in [1.29, 1.82) is 5.26 Å². The summed E-state index contributed by atoms with van der Waals surface area (Å²) in [4.78, 5) is 10.5. The first-order valence-electron chi connectivity index (χ1n) is 6.71. The van der Waals surface area contributed by atoms with Gasteiger partial charge in [-0.25, -0.2) is 9.97 Å². The van der Waals surface area contributed by atoms with Crippen LogP contribution in [-0.4, -0.2) is 28.4 Å². The fraction of sp³-hybridized carbons (Fsp3) is 0.562. The van der Waals surface area contributed by atoms with Crippen LogP contribution in [0.2, 0.25) is 0 Å². The summed E-state index contributed by atoms with van der Waals surface area (Å²) in [5, 5.41) is 9.76. The van der Waals surface area contributed by atoms with Crippen LogP contribution in [0, 0.1) is 36.0 Å². The standard InChI is InChI=1S/C13H19BrN4.C3H4/c1-10-8-16-11(7-15)17-12(10)18(6-5-14)9-13(2,3)4;1-3-2/h8H,5-6,9H2,1-4H3;1H,2H3. The van der Waals surface area contributed by atoms with Crippen molar-refractivity contribution in [1.82, 2.24) is 9.97 Å². The second-order valence-corrected chi connectivity index (χ2v) is 6.56. The van der Waals surface area contributed by atoms with Crippen LogP contribution < -0.4 is 4.90 Å². The van der Waals surface area contributed by atoms with E-state index in [9.17, 15) is 0 Å². The molecular formula is C16H23BrN4. The Hall–Kier alpha value is -1.59. The van der Waals surface area contributed by atoms with Crippen molar-refractivity contribution >= 4 is 21.7 Å². The fourth-order valence-electron chi connectivity index (χ4n) is 1.74. The molecule has 0 aliphatic carbocycles. The van der Waals surface area contributed by atoms with E-state index in [1.165, 1.54) is 0 Å². The molecule has 0 saturated heterocycles. The number of aryl methyl sites for hydroxylation is 1. The summed E-state index contributed by atoms with van der Waals surface area (Å²) in [5.74, 6) is 3.33. The van der Waals surface area contributed by atoms with Crippen molar-refractivity contribution in [2.75, 3.05) is 23.3 Å². The van der Waals surface area contributed by atoms with Crippen molar-refractivity contribution in [3.8, 4) is 18.4 Å². The molecule has 0 atom stereocenters. The van der Waals surface area contributed by atoms with Gasteiger partial charge in [0.2, 0.25) is 5.82 Å². The molecule has 4 nitrogen and oxygen atoms in total. The van der Waals surface area contributed by atoms with Crippen LogP contribution in [0.1, 0.15) is 39.1 Å². The van der Waals surface area contributed by atoms with Gasteiger partial charge >= 0.3 is 0 Å². The second-order valence-electron chi connectivity index (χ2n) is 5.77. The number of nitrogens with zero attached hydrogens (tertiary/aromatic N) is 4. The average Bonchev–Trinajstić information content (AvgIpc) is 2.38. The highest BCUT2D eigenvalue weighted by Crippen LogP contribution is 2.22. The molecular weight excluding hydrogens is 328 g/mol. The lowest BCUT2D eigenvalue weighted by molar-refractivity contribution is 0.411. The molecule has 0 bridgehead atoms. The van der Waals surface area contributed by atoms with E-state index in [0.29, 0.717) is 0 Å². The van der Waals surface area contributed by atoms with E-state index in [1.807, 2.05) is 13.0 Å². The minimum Gasteiger partial charge on any atom is -0.355 e. The third kappa shape index (κ3) is 7.68. The number of alkyl halides is 1. The number of aromatic nitrogens is 2. The number of hydrogen-bond donors (Lipinski definition) is 0. The molecule has 1 rings (SSSR count). The number of halogens is 1. The van der Waals surface area contributed by atoms with Gasteiger partial charge in [0.25, 0.3) is 0 Å². The van der Waals surface area contributed by atoms with Crippen molar-refractivity contribution in [3.05, 3.63) is 17.6 Å². The predicted molar refractivity (Wildman–Crippen MR) is 91.5 cm³/mol. The van der Waals surface area contributed by atoms with Gasteiger partial charge in [0.1, 0.15) is 11.9 Å². The Kier molecular flexibility index (Phi) is 8.66. The van der Waals surface area contributed by atoms with Gasteiger partial charge in [-0.3, -0.25) is 0 Å². The molecule has 0 aromatic carbocycles. The molecule has 1 heterocycles. The molecule has 0 amide bonds. The highest BCUT2D eigenvalue weighted by molar-refractivity contribution is 9.09. The minimum absolute atomic E-state index is 0.173. The molecule has 21 heavy (non-hydrogen) atoms. The number of hydrogen-bond acceptors (Lipinski definition) is 4. The highest BCUT2D eigenvalue weighted by atomic mass is 79.9. The topological polar surface area (TPSA) is 52.8 Å². The third-order valence-corrected chi connectivity index (χ3v) is 2.72. The van der Waals surface area contributed by atoms with Gasteiger partial charge in [0, 0.05) is 30.2 Å². The first-order valence-corrected chi connectivity index (χ1v) is 7.83. The van der Waals surface area contributed by atoms with E-state index in [4.69, 9.17) is 5.26 Å². The summed E-state index contributed by atoms with van der Waals surface area (Å²) in [6.07, 6.45) is 6.31. The lowest BCUT2D eigenvalue weighted by Crippen LogP contribution is -2.35. The normalized spacial score (nSPS) is 9.90. The van der Waals surface area contributed by atoms with Gasteiger partial charge in [-0.2, -0.15) is 5.26 Å². The molecule has 0 radical (unpaired) electrons. The van der Waals surface area contributed by atoms with Crippen LogP contribution in [0.5, 0.6) is 0 Å². The molecule has 0 N–H and O–H groups in total. The van der Waals surface area contributed by atoms with E-state index in [-0.39, 0.29) is 11.2 Å². The maximum absolute atomic E-state index is 8.89. The molecule has 0 unspecified atom stereocenters. The van der Waals surface area contributed by atoms with Gasteiger partial charge in [0.05, 0.1) is 0 Å². The van der Waals surface area contributed by atoms with Crippen LogP contribution in [-0.2, 0) is 0 Å². The summed E-state index contributed by atoms with van der Waals surface area (Å²) < 4.78 is 0. The first-order chi connectivity index (χ1) is 9.78. The van der Waals surface area contributed by atoms with E-state index in [0.717, 1.165) is 29.8 Å². The van der Waals surface area contributed by atoms with Gasteiger partial charge in [-0.05, 0) is 19.3 Å². The summed E-state index contributed by atoms with van der Waals surface area (Å²) in [6.45, 7) is 11.9. The Bertz CT molecular complexity index is 521. The molecule has 0 spiro atoms. The van der Waals surface area contributed by atoms with Crippen LogP contribution in [0.4, 0.5) is 5.82 Å². The molecule has 0 fully saturated rings. The largest absolute Gasteiger partial charge is 0.355 e. The minimum atomic E-state index is 0.173. The quantitative estimate of drug-likeness (QED) is 0.615. The predicted octanol–water partition coefficient (Wildman–Crippen LogP) is 3.54. The monoisotopic (exact) mass is 350 g/mol. The Morgan fingerprint density at radius 2 is 2.00 bits per heavy atom. The van der Waals surface area contributed by atoms with E-state index < -0.39 is 0 Å². The zero-order valence-electron chi connectivity index (χ0n) is 13.4. The Labute approximate surface area is 136 Å². The van der Waals surface area contributed by atoms with Gasteiger partial charge in [0.15, 0.2) is 0 Å². The first kappa shape index (κ1) is 19.4. The molecule has 1 aromatic rings. The van der Waals surface area contributed by atoms with Gasteiger partial charge in [-0.15, -0.1) is 12.3 Å². The van der Waals surface area contributed by atoms with Crippen molar-refractivity contribution < 1.29 is 0 Å². The highest BCUT2D eigenvalue weighted by Gasteiger charge is 2.19. The zero-order chi connectivity index (χ0) is 16.5. The van der Waals surface area contributed by atoms with E-state index >= 15 is 0 Å². The lowest BCUT2D eigenvalue weighted by Gasteiger charge is -2.31. The van der Waals surface area contributed by atoms with Crippen molar-refractivity contribution in [2.24, 2.45) is 5.41 Å². The summed E-state index contributed by atoms with van der Waals surface area (Å²) in [7, 11) is 0. The van der Waals surface area contributed by atoms with Crippen molar-refractivity contribution in [3.63, 3.8) is 0 Å². The summed E-state index contributed by atoms with van der Waals surface area (Å²) in [6, 6.07) is 1.99. The lowest BCUT2D eigenvalue weighted by atomic mass is 9.96. The number of terminal acetylenes is 1. The molecule has 1 aromatic heterocycles. The van der Waals surface area contributed by atoms with Crippen LogP contribution >= 0.6 is 15.9 Å². The zero-order valence-corrected chi connectivity index (χ0v) is 15.0. The molecule has 0 aliphatic heterocycles. The van der Waals surface area contributed by atoms with E-state index in [1.54, 1.807) is 13.1 Å². The van der Waals surface area contributed by atoms with Crippen LogP contribution in [0.15, 0.2) is 6.20 Å². The number of anilines is 1. The van der Waals surface area contributed by atoms with Gasteiger partial charge in [-0.1, -0.05) is 36.7 Å². The summed E-state index contributed by atoms with van der Waals surface area (Å²) in [5.41, 5.74) is 1.17. The van der Waals surface area contributed by atoms with Gasteiger partial charge < -0.3 is 4.90 Å². The van der Waals surface area contributed by atoms with Crippen LogP contribution in [0.25, 0.3) is 0 Å². The Morgan fingerprint density at radius 3 is 2.43 bits per heavy atom. The average molecular weight is 351 g/mol. The van der Waals surface area contributed by atoms with Crippen LogP contribution in [0.3, 0.4) is 0 Å². The summed E-state index contributed by atoms with van der Waals surface area (Å²) >= 11 is 3.46. The molecule has 0 aliphatic rings. The Morgan fingerprint density at radius 1 is 1.43 bits per heavy atom. The maximum atomic E-state index is 8.89. The molecule has 114 valence electrons.